The maximum Gasteiger partial charge on any atom is 0.320 e. The number of hydrogen-bond acceptors (Lipinski definition) is 4. The first kappa shape index (κ1) is 9.21. The van der Waals surface area contributed by atoms with Crippen LogP contribution in [0.15, 0.2) is 17.1 Å². The molecular weight excluding hydrogens is 184 g/mol. The van der Waals surface area contributed by atoms with Gasteiger partial charge in [-0.2, -0.15) is 0 Å². The van der Waals surface area contributed by atoms with Gasteiger partial charge in [-0.15, -0.1) is 0 Å². The third-order valence-corrected chi connectivity index (χ3v) is 2.57. The average Bonchev–Trinajstić information content (AvgIpc) is 2.71. The zero-order valence-electron chi connectivity index (χ0n) is 7.64. The summed E-state index contributed by atoms with van der Waals surface area (Å²) in [6.07, 6.45) is 4.47. The number of carboxylic acid groups (broad SMARTS) is 1. The fraction of sp³-hybridized carbons (Fsp3) is 0.556. The molecule has 1 saturated heterocycles. The fourth-order valence-corrected chi connectivity index (χ4v) is 1.80. The van der Waals surface area contributed by atoms with Gasteiger partial charge in [0.05, 0.1) is 5.69 Å². The van der Waals surface area contributed by atoms with Crippen molar-refractivity contribution in [2.75, 3.05) is 6.54 Å². The van der Waals surface area contributed by atoms with Gasteiger partial charge in [-0.05, 0) is 19.4 Å². The summed E-state index contributed by atoms with van der Waals surface area (Å²) >= 11 is 0. The van der Waals surface area contributed by atoms with Gasteiger partial charge in [-0.3, -0.25) is 4.79 Å². The number of carbonyl (C=O) groups is 1. The number of aromatic nitrogens is 1. The van der Waals surface area contributed by atoms with Gasteiger partial charge in [0, 0.05) is 5.92 Å². The van der Waals surface area contributed by atoms with Crippen LogP contribution in [0.2, 0.25) is 0 Å². The van der Waals surface area contributed by atoms with Crippen LogP contribution in [-0.2, 0) is 4.79 Å². The van der Waals surface area contributed by atoms with Crippen molar-refractivity contribution >= 4 is 5.97 Å². The van der Waals surface area contributed by atoms with E-state index in [2.05, 4.69) is 10.3 Å². The highest BCUT2D eigenvalue weighted by Crippen LogP contribution is 2.26. The smallest absolute Gasteiger partial charge is 0.320 e. The molecule has 0 spiro atoms. The van der Waals surface area contributed by atoms with Crippen LogP contribution in [0.4, 0.5) is 0 Å². The Bertz CT molecular complexity index is 310. The molecule has 2 heterocycles. The maximum absolute atomic E-state index is 10.8. The van der Waals surface area contributed by atoms with E-state index in [-0.39, 0.29) is 5.92 Å². The van der Waals surface area contributed by atoms with Crippen molar-refractivity contribution in [2.45, 2.75) is 24.8 Å². The van der Waals surface area contributed by atoms with Crippen LogP contribution in [0.3, 0.4) is 0 Å². The van der Waals surface area contributed by atoms with E-state index in [9.17, 15) is 4.79 Å². The minimum Gasteiger partial charge on any atom is -0.480 e. The molecule has 2 N–H and O–H groups in total. The van der Waals surface area contributed by atoms with Crippen molar-refractivity contribution in [1.82, 2.24) is 10.3 Å². The number of aliphatic carboxylic acids is 1. The summed E-state index contributed by atoms with van der Waals surface area (Å²) in [6, 6.07) is -0.453. The summed E-state index contributed by atoms with van der Waals surface area (Å²) in [5, 5.41) is 11.8. The zero-order valence-corrected chi connectivity index (χ0v) is 7.64. The molecule has 1 fully saturated rings. The molecule has 0 saturated carbocycles. The van der Waals surface area contributed by atoms with Gasteiger partial charge in [-0.1, -0.05) is 0 Å². The molecule has 1 aromatic heterocycles. The molecule has 0 aromatic carbocycles. The Morgan fingerprint density at radius 2 is 2.57 bits per heavy atom. The lowest BCUT2D eigenvalue weighted by molar-refractivity contribution is -0.140. The normalized spacial score (nSPS) is 27.4. The number of carboxylic acids is 1. The molecule has 5 nitrogen and oxygen atoms in total. The second kappa shape index (κ2) is 3.79. The minimum atomic E-state index is -0.793. The second-order valence-electron chi connectivity index (χ2n) is 3.48. The monoisotopic (exact) mass is 196 g/mol. The van der Waals surface area contributed by atoms with Crippen molar-refractivity contribution in [3.63, 3.8) is 0 Å². The zero-order chi connectivity index (χ0) is 9.97. The summed E-state index contributed by atoms with van der Waals surface area (Å²) in [7, 11) is 0. The summed E-state index contributed by atoms with van der Waals surface area (Å²) in [5.74, 6) is -0.589. The highest BCUT2D eigenvalue weighted by Gasteiger charge is 2.28. The minimum absolute atomic E-state index is 0.205. The van der Waals surface area contributed by atoms with E-state index in [0.29, 0.717) is 13.0 Å². The highest BCUT2D eigenvalue weighted by atomic mass is 16.4. The van der Waals surface area contributed by atoms with Crippen molar-refractivity contribution in [2.24, 2.45) is 0 Å². The Morgan fingerprint density at radius 1 is 1.71 bits per heavy atom. The Kier molecular flexibility index (Phi) is 2.49. The van der Waals surface area contributed by atoms with Gasteiger partial charge in [-0.25, -0.2) is 4.98 Å². The molecule has 1 aliphatic rings. The molecule has 1 aromatic rings. The average molecular weight is 196 g/mol. The number of rotatable bonds is 2. The van der Waals surface area contributed by atoms with Gasteiger partial charge in [0.1, 0.15) is 12.3 Å². The first-order valence-electron chi connectivity index (χ1n) is 4.61. The summed E-state index contributed by atoms with van der Waals surface area (Å²) < 4.78 is 4.88. The Balaban J connectivity index is 2.04. The van der Waals surface area contributed by atoms with Gasteiger partial charge in [0.15, 0.2) is 6.39 Å². The first-order chi connectivity index (χ1) is 6.77. The van der Waals surface area contributed by atoms with Crippen LogP contribution in [-0.4, -0.2) is 28.6 Å². The molecule has 2 atom stereocenters. The molecule has 2 rings (SSSR count). The van der Waals surface area contributed by atoms with Crippen LogP contribution in [0.1, 0.15) is 24.5 Å². The van der Waals surface area contributed by atoms with Gasteiger partial charge < -0.3 is 14.8 Å². The lowest BCUT2D eigenvalue weighted by atomic mass is 9.90. The largest absolute Gasteiger partial charge is 0.480 e. The Labute approximate surface area is 81.1 Å². The van der Waals surface area contributed by atoms with Gasteiger partial charge >= 0.3 is 5.97 Å². The highest BCUT2D eigenvalue weighted by molar-refractivity contribution is 5.73. The van der Waals surface area contributed by atoms with Gasteiger partial charge in [0.25, 0.3) is 0 Å². The molecule has 0 bridgehead atoms. The number of nitrogens with zero attached hydrogens (tertiary/aromatic N) is 1. The fourth-order valence-electron chi connectivity index (χ4n) is 1.80. The first-order valence-corrected chi connectivity index (χ1v) is 4.61. The number of hydrogen-bond donors (Lipinski definition) is 2. The molecule has 0 radical (unpaired) electrons. The van der Waals surface area contributed by atoms with Crippen LogP contribution >= 0.6 is 0 Å². The van der Waals surface area contributed by atoms with Crippen LogP contribution in [0.5, 0.6) is 0 Å². The topological polar surface area (TPSA) is 75.4 Å². The lowest BCUT2D eigenvalue weighted by Gasteiger charge is -2.26. The molecule has 0 aliphatic carbocycles. The predicted molar refractivity (Wildman–Crippen MR) is 47.9 cm³/mol. The molecule has 76 valence electrons. The third kappa shape index (κ3) is 1.77. The summed E-state index contributed by atoms with van der Waals surface area (Å²) in [5.41, 5.74) is 0.859. The molecule has 1 aliphatic heterocycles. The number of piperidine rings is 1. The van der Waals surface area contributed by atoms with E-state index >= 15 is 0 Å². The maximum atomic E-state index is 10.8. The van der Waals surface area contributed by atoms with Crippen LogP contribution < -0.4 is 5.32 Å². The lowest BCUT2D eigenvalue weighted by Crippen LogP contribution is -2.42. The molecule has 14 heavy (non-hydrogen) atoms. The molecule has 2 unspecified atom stereocenters. The van der Waals surface area contributed by atoms with E-state index in [1.54, 1.807) is 6.26 Å². The predicted octanol–water partition coefficient (Wildman–Crippen LogP) is 0.595. The Hall–Kier alpha value is -1.36. The van der Waals surface area contributed by atoms with Crippen LogP contribution in [0, 0.1) is 0 Å². The number of oxazole rings is 1. The summed E-state index contributed by atoms with van der Waals surface area (Å²) in [4.78, 5) is 14.8. The van der Waals surface area contributed by atoms with Crippen molar-refractivity contribution in [1.29, 1.82) is 0 Å². The van der Waals surface area contributed by atoms with Gasteiger partial charge in [0.2, 0.25) is 0 Å². The standard InChI is InChI=1S/C9H12N2O3/c12-9(13)7-3-6(1-2-10-7)8-4-14-5-11-8/h4-7,10H,1-3H2,(H,12,13). The number of nitrogens with one attached hydrogen (secondary N) is 1. The second-order valence-corrected chi connectivity index (χ2v) is 3.48. The molecule has 5 heteroatoms. The third-order valence-electron chi connectivity index (χ3n) is 2.57. The van der Waals surface area contributed by atoms with E-state index in [4.69, 9.17) is 9.52 Å². The van der Waals surface area contributed by atoms with Crippen LogP contribution in [0.25, 0.3) is 0 Å². The van der Waals surface area contributed by atoms with E-state index in [1.807, 2.05) is 0 Å². The SMILES string of the molecule is O=C(O)C1CC(c2cocn2)CCN1. The summed E-state index contributed by atoms with van der Waals surface area (Å²) in [6.45, 7) is 0.717. The van der Waals surface area contributed by atoms with E-state index < -0.39 is 12.0 Å². The van der Waals surface area contributed by atoms with Crippen molar-refractivity contribution in [3.05, 3.63) is 18.4 Å². The molecular formula is C9H12N2O3. The van der Waals surface area contributed by atoms with E-state index in [1.165, 1.54) is 6.39 Å². The molecule has 0 amide bonds. The van der Waals surface area contributed by atoms with Crippen molar-refractivity contribution in [3.8, 4) is 0 Å². The van der Waals surface area contributed by atoms with E-state index in [0.717, 1.165) is 12.1 Å². The quantitative estimate of drug-likeness (QED) is 0.724. The Morgan fingerprint density at radius 3 is 3.21 bits per heavy atom. The van der Waals surface area contributed by atoms with Crippen molar-refractivity contribution < 1.29 is 14.3 Å².